The third-order valence-electron chi connectivity index (χ3n) is 7.15. The SMILES string of the molecule is CCC[C@@H](CC(=O)c1cc(C(=O)O)c(-c2cc(Cl)ccc2-c2nc3ccccc3[nH]2)cc1C)c1ccccc1. The maximum absolute atomic E-state index is 13.6. The van der Waals surface area contributed by atoms with E-state index in [2.05, 4.69) is 11.9 Å². The Hall–Kier alpha value is -4.22. The lowest BCUT2D eigenvalue weighted by molar-refractivity contribution is 0.0697. The lowest BCUT2D eigenvalue weighted by Gasteiger charge is -2.18. The maximum atomic E-state index is 13.6. The molecular formula is C33H29ClN2O3. The van der Waals surface area contributed by atoms with Crippen LogP contribution in [-0.4, -0.2) is 26.8 Å². The second kappa shape index (κ2) is 11.3. The van der Waals surface area contributed by atoms with Crippen molar-refractivity contribution in [2.24, 2.45) is 0 Å². The van der Waals surface area contributed by atoms with E-state index in [4.69, 9.17) is 16.6 Å². The van der Waals surface area contributed by atoms with E-state index in [1.54, 1.807) is 18.2 Å². The van der Waals surface area contributed by atoms with Crippen molar-refractivity contribution in [3.05, 3.63) is 112 Å². The second-order valence-corrected chi connectivity index (χ2v) is 10.3. The molecule has 1 aromatic heterocycles. The Bertz CT molecular complexity index is 1640. The molecule has 0 bridgehead atoms. The molecule has 0 aliphatic heterocycles. The number of nitrogens with zero attached hydrogens (tertiary/aromatic N) is 1. The number of carboxylic acid groups (broad SMARTS) is 1. The Morgan fingerprint density at radius 3 is 2.36 bits per heavy atom. The zero-order chi connectivity index (χ0) is 27.5. The highest BCUT2D eigenvalue weighted by molar-refractivity contribution is 6.31. The molecule has 0 amide bonds. The standard InChI is InChI=1S/C33H29ClN2O3/c1-3-9-22(21-10-5-4-6-11-21)17-31(37)25-19-28(33(38)39)26(16-20(25)2)27-18-23(34)14-15-24(27)32-35-29-12-7-8-13-30(29)36-32/h4-8,10-16,18-19,22H,3,9,17H2,1-2H3,(H,35,36)(H,38,39)/t22-/m0/s1. The topological polar surface area (TPSA) is 83.1 Å². The summed E-state index contributed by atoms with van der Waals surface area (Å²) in [6.07, 6.45) is 2.14. The Morgan fingerprint density at radius 2 is 1.64 bits per heavy atom. The number of aromatic carboxylic acids is 1. The second-order valence-electron chi connectivity index (χ2n) is 9.83. The third kappa shape index (κ3) is 5.50. The molecule has 0 radical (unpaired) electrons. The van der Waals surface area contributed by atoms with Gasteiger partial charge >= 0.3 is 5.97 Å². The van der Waals surface area contributed by atoms with Gasteiger partial charge in [0.2, 0.25) is 0 Å². The molecule has 5 nitrogen and oxygen atoms in total. The number of benzene rings is 4. The number of nitrogens with one attached hydrogen (secondary N) is 1. The Balaban J connectivity index is 1.58. The third-order valence-corrected chi connectivity index (χ3v) is 7.39. The van der Waals surface area contributed by atoms with E-state index < -0.39 is 5.97 Å². The molecule has 5 aromatic rings. The van der Waals surface area contributed by atoms with Gasteiger partial charge in [-0.05, 0) is 84.0 Å². The highest BCUT2D eigenvalue weighted by atomic mass is 35.5. The van der Waals surface area contributed by atoms with Crippen molar-refractivity contribution in [2.45, 2.75) is 39.0 Å². The van der Waals surface area contributed by atoms with E-state index in [9.17, 15) is 14.7 Å². The van der Waals surface area contributed by atoms with Crippen molar-refractivity contribution < 1.29 is 14.7 Å². The van der Waals surface area contributed by atoms with Crippen LogP contribution in [0.15, 0.2) is 84.9 Å². The number of ketones is 1. The van der Waals surface area contributed by atoms with Gasteiger partial charge in [-0.15, -0.1) is 0 Å². The number of carbonyl (C=O) groups excluding carboxylic acids is 1. The number of hydrogen-bond donors (Lipinski definition) is 2. The van der Waals surface area contributed by atoms with E-state index in [1.165, 1.54) is 6.07 Å². The summed E-state index contributed by atoms with van der Waals surface area (Å²) < 4.78 is 0. The molecule has 0 aliphatic rings. The number of aromatic nitrogens is 2. The summed E-state index contributed by atoms with van der Waals surface area (Å²) in [4.78, 5) is 34.1. The molecule has 5 rings (SSSR count). The largest absolute Gasteiger partial charge is 0.478 e. The number of halogens is 1. The normalized spacial score (nSPS) is 12.0. The molecule has 6 heteroatoms. The van der Waals surface area contributed by atoms with Gasteiger partial charge in [0.05, 0.1) is 16.6 Å². The van der Waals surface area contributed by atoms with Gasteiger partial charge in [0.25, 0.3) is 0 Å². The molecule has 39 heavy (non-hydrogen) atoms. The number of carboxylic acids is 1. The van der Waals surface area contributed by atoms with E-state index in [1.807, 2.05) is 67.6 Å². The van der Waals surface area contributed by atoms with Crippen molar-refractivity contribution >= 4 is 34.4 Å². The molecular weight excluding hydrogens is 508 g/mol. The molecule has 0 unspecified atom stereocenters. The van der Waals surface area contributed by atoms with Crippen LogP contribution in [0.3, 0.4) is 0 Å². The minimum absolute atomic E-state index is 0.0512. The predicted molar refractivity (Wildman–Crippen MR) is 157 cm³/mol. The number of carbonyl (C=O) groups is 2. The number of imidazole rings is 1. The first-order valence-electron chi connectivity index (χ1n) is 13.1. The number of aryl methyl sites for hydroxylation is 1. The highest BCUT2D eigenvalue weighted by Gasteiger charge is 2.23. The summed E-state index contributed by atoms with van der Waals surface area (Å²) in [5.74, 6) is -0.485. The number of hydrogen-bond acceptors (Lipinski definition) is 3. The number of H-pyrrole nitrogens is 1. The van der Waals surface area contributed by atoms with Gasteiger partial charge in [-0.3, -0.25) is 4.79 Å². The van der Waals surface area contributed by atoms with E-state index in [-0.39, 0.29) is 17.3 Å². The summed E-state index contributed by atoms with van der Waals surface area (Å²) in [6.45, 7) is 3.96. The minimum Gasteiger partial charge on any atom is -0.478 e. The average molecular weight is 537 g/mol. The molecule has 0 saturated heterocycles. The fourth-order valence-electron chi connectivity index (χ4n) is 5.23. The van der Waals surface area contributed by atoms with Crippen LogP contribution in [0.4, 0.5) is 0 Å². The Kier molecular flexibility index (Phi) is 7.62. The van der Waals surface area contributed by atoms with Crippen LogP contribution >= 0.6 is 11.6 Å². The number of rotatable bonds is 9. The smallest absolute Gasteiger partial charge is 0.336 e. The van der Waals surface area contributed by atoms with Crippen molar-refractivity contribution in [2.75, 3.05) is 0 Å². The summed E-state index contributed by atoms with van der Waals surface area (Å²) in [5.41, 5.74) is 5.86. The Morgan fingerprint density at radius 1 is 0.897 bits per heavy atom. The van der Waals surface area contributed by atoms with Gasteiger partial charge in [0.1, 0.15) is 5.82 Å². The van der Waals surface area contributed by atoms with Crippen LogP contribution in [0, 0.1) is 6.92 Å². The summed E-state index contributed by atoms with van der Waals surface area (Å²) in [5, 5.41) is 10.7. The van der Waals surface area contributed by atoms with Gasteiger partial charge in [0.15, 0.2) is 5.78 Å². The van der Waals surface area contributed by atoms with Crippen LogP contribution in [-0.2, 0) is 0 Å². The van der Waals surface area contributed by atoms with Crippen LogP contribution in [0.2, 0.25) is 5.02 Å². The van der Waals surface area contributed by atoms with Crippen molar-refractivity contribution in [3.8, 4) is 22.5 Å². The van der Waals surface area contributed by atoms with Gasteiger partial charge in [0, 0.05) is 22.6 Å². The fraction of sp³-hybridized carbons (Fsp3) is 0.182. The molecule has 1 heterocycles. The summed E-state index contributed by atoms with van der Waals surface area (Å²) in [6, 6.07) is 26.4. The van der Waals surface area contributed by atoms with E-state index >= 15 is 0 Å². The number of aromatic amines is 1. The van der Waals surface area contributed by atoms with Crippen LogP contribution in [0.1, 0.15) is 63.9 Å². The first-order chi connectivity index (χ1) is 18.9. The number of para-hydroxylation sites is 2. The zero-order valence-corrected chi connectivity index (χ0v) is 22.6. The van der Waals surface area contributed by atoms with Gasteiger partial charge in [-0.2, -0.15) is 0 Å². The summed E-state index contributed by atoms with van der Waals surface area (Å²) in [7, 11) is 0. The fourth-order valence-corrected chi connectivity index (χ4v) is 5.40. The van der Waals surface area contributed by atoms with Gasteiger partial charge in [-0.25, -0.2) is 9.78 Å². The minimum atomic E-state index is -1.11. The monoisotopic (exact) mass is 536 g/mol. The first-order valence-corrected chi connectivity index (χ1v) is 13.4. The van der Waals surface area contributed by atoms with Crippen molar-refractivity contribution in [3.63, 3.8) is 0 Å². The lowest BCUT2D eigenvalue weighted by atomic mass is 9.85. The Labute approximate surface area is 232 Å². The predicted octanol–water partition coefficient (Wildman–Crippen LogP) is 8.71. The lowest BCUT2D eigenvalue weighted by Crippen LogP contribution is -2.11. The van der Waals surface area contributed by atoms with Gasteiger partial charge in [-0.1, -0.05) is 67.4 Å². The first kappa shape index (κ1) is 26.4. The molecule has 196 valence electrons. The van der Waals surface area contributed by atoms with E-state index in [0.29, 0.717) is 34.0 Å². The molecule has 0 saturated carbocycles. The number of Topliss-reactive ketones (excluding diaryl/α,β-unsaturated/α-hetero) is 1. The van der Waals surface area contributed by atoms with Crippen molar-refractivity contribution in [1.29, 1.82) is 0 Å². The highest BCUT2D eigenvalue weighted by Crippen LogP contribution is 2.38. The molecule has 0 aliphatic carbocycles. The molecule has 4 aromatic carbocycles. The maximum Gasteiger partial charge on any atom is 0.336 e. The molecule has 0 fully saturated rings. The molecule has 1 atom stereocenters. The van der Waals surface area contributed by atoms with Gasteiger partial charge < -0.3 is 10.1 Å². The zero-order valence-electron chi connectivity index (χ0n) is 21.9. The van der Waals surface area contributed by atoms with Crippen LogP contribution in [0.5, 0.6) is 0 Å². The van der Waals surface area contributed by atoms with Crippen molar-refractivity contribution in [1.82, 2.24) is 9.97 Å². The van der Waals surface area contributed by atoms with Crippen LogP contribution in [0.25, 0.3) is 33.5 Å². The number of fused-ring (bicyclic) bond motifs is 1. The van der Waals surface area contributed by atoms with E-state index in [0.717, 1.165) is 40.6 Å². The van der Waals surface area contributed by atoms with Crippen LogP contribution < -0.4 is 0 Å². The average Bonchev–Trinajstić information content (AvgIpc) is 3.37. The molecule has 0 spiro atoms. The quantitative estimate of drug-likeness (QED) is 0.184. The molecule has 2 N–H and O–H groups in total. The summed E-state index contributed by atoms with van der Waals surface area (Å²) >= 11 is 6.40.